The highest BCUT2D eigenvalue weighted by Gasteiger charge is 2.37. The first kappa shape index (κ1) is 26.5. The van der Waals surface area contributed by atoms with Crippen LogP contribution in [0.15, 0.2) is 54.0 Å². The van der Waals surface area contributed by atoms with E-state index in [4.69, 9.17) is 9.47 Å². The normalized spacial score (nSPS) is 16.5. The lowest BCUT2D eigenvalue weighted by atomic mass is 10.0. The van der Waals surface area contributed by atoms with E-state index < -0.39 is 11.1 Å². The molecule has 194 valence electrons. The summed E-state index contributed by atoms with van der Waals surface area (Å²) in [5.74, 6) is 0.543. The topological polar surface area (TPSA) is 76.2 Å². The lowest BCUT2D eigenvalue weighted by Crippen LogP contribution is -2.40. The zero-order valence-electron chi connectivity index (χ0n) is 21.3. The lowest BCUT2D eigenvalue weighted by Gasteiger charge is -2.18. The zero-order chi connectivity index (χ0) is 26.4. The molecule has 7 nitrogen and oxygen atoms in total. The minimum Gasteiger partial charge on any atom is -0.490 e. The average Bonchev–Trinajstić information content (AvgIpc) is 3.50. The summed E-state index contributed by atoms with van der Waals surface area (Å²) in [7, 11) is 0. The Hall–Kier alpha value is -3.52. The maximum absolute atomic E-state index is 13.0. The summed E-state index contributed by atoms with van der Waals surface area (Å²) in [4.78, 5) is 41.1. The van der Waals surface area contributed by atoms with Crippen molar-refractivity contribution >= 4 is 34.9 Å². The number of ether oxygens (including phenoxy) is 2. The van der Waals surface area contributed by atoms with Crippen LogP contribution in [0.1, 0.15) is 42.0 Å². The molecule has 2 fully saturated rings. The quantitative estimate of drug-likeness (QED) is 0.310. The van der Waals surface area contributed by atoms with Gasteiger partial charge in [0.2, 0.25) is 5.91 Å². The number of imide groups is 1. The highest BCUT2D eigenvalue weighted by Crippen LogP contribution is 2.38. The van der Waals surface area contributed by atoms with E-state index in [1.54, 1.807) is 17.1 Å². The van der Waals surface area contributed by atoms with Crippen LogP contribution in [0.3, 0.4) is 0 Å². The van der Waals surface area contributed by atoms with Gasteiger partial charge in [0.05, 0.1) is 11.5 Å². The van der Waals surface area contributed by atoms with Crippen molar-refractivity contribution in [1.82, 2.24) is 9.80 Å². The van der Waals surface area contributed by atoms with Gasteiger partial charge in [-0.2, -0.15) is 0 Å². The van der Waals surface area contributed by atoms with E-state index in [0.29, 0.717) is 49.8 Å². The van der Waals surface area contributed by atoms with Crippen LogP contribution in [0.25, 0.3) is 6.08 Å². The molecular weight excluding hydrogens is 488 g/mol. The van der Waals surface area contributed by atoms with E-state index in [-0.39, 0.29) is 17.4 Å². The third kappa shape index (κ3) is 6.43. The summed E-state index contributed by atoms with van der Waals surface area (Å²) in [6.45, 7) is 9.75. The summed E-state index contributed by atoms with van der Waals surface area (Å²) >= 11 is 0.848. The number of amides is 3. The first-order valence-corrected chi connectivity index (χ1v) is 13.3. The number of carbonyl (C=O) groups is 3. The number of hydrogen-bond acceptors (Lipinski definition) is 6. The Morgan fingerprint density at radius 3 is 2.51 bits per heavy atom. The van der Waals surface area contributed by atoms with Gasteiger partial charge in [0.25, 0.3) is 11.1 Å². The van der Waals surface area contributed by atoms with E-state index in [2.05, 4.69) is 6.58 Å². The predicted octanol–water partition coefficient (Wildman–Crippen LogP) is 5.36. The summed E-state index contributed by atoms with van der Waals surface area (Å²) in [5, 5.41) is -0.432. The Kier molecular flexibility index (Phi) is 8.71. The smallest absolute Gasteiger partial charge is 0.294 e. The third-order valence-electron chi connectivity index (χ3n) is 6.25. The van der Waals surface area contributed by atoms with Gasteiger partial charge in [-0.25, -0.2) is 0 Å². The lowest BCUT2D eigenvalue weighted by molar-refractivity contribution is -0.135. The van der Waals surface area contributed by atoms with Crippen molar-refractivity contribution in [2.45, 2.75) is 39.7 Å². The maximum Gasteiger partial charge on any atom is 0.294 e. The molecule has 2 aromatic rings. The van der Waals surface area contributed by atoms with Crippen LogP contribution < -0.4 is 9.47 Å². The van der Waals surface area contributed by atoms with Crippen molar-refractivity contribution in [1.29, 1.82) is 0 Å². The molecule has 0 N–H and O–H groups in total. The SMILES string of the molecule is C=CCc1cc(/C=C2/SC(=O)N(CC(=O)N3CCCC3)C2=O)cc(OCC)c1OCc1ccc(C)cc1. The van der Waals surface area contributed by atoms with Gasteiger partial charge in [-0.05, 0) is 74.2 Å². The molecule has 2 aliphatic heterocycles. The van der Waals surface area contributed by atoms with Gasteiger partial charge >= 0.3 is 0 Å². The number of benzene rings is 2. The number of rotatable bonds is 10. The summed E-state index contributed by atoms with van der Waals surface area (Å²) in [5.41, 5.74) is 3.79. The van der Waals surface area contributed by atoms with Crippen molar-refractivity contribution < 1.29 is 23.9 Å². The van der Waals surface area contributed by atoms with Gasteiger partial charge in [0, 0.05) is 18.7 Å². The molecule has 2 heterocycles. The van der Waals surface area contributed by atoms with Crippen LogP contribution in [-0.4, -0.2) is 53.1 Å². The fourth-order valence-electron chi connectivity index (χ4n) is 4.33. The molecular formula is C29H32N2O5S. The Morgan fingerprint density at radius 2 is 1.84 bits per heavy atom. The van der Waals surface area contributed by atoms with Gasteiger partial charge in [-0.3, -0.25) is 19.3 Å². The maximum atomic E-state index is 13.0. The predicted molar refractivity (Wildman–Crippen MR) is 146 cm³/mol. The van der Waals surface area contributed by atoms with Gasteiger partial charge < -0.3 is 14.4 Å². The van der Waals surface area contributed by atoms with E-state index >= 15 is 0 Å². The molecule has 0 bridgehead atoms. The number of aryl methyl sites for hydroxylation is 1. The minimum atomic E-state index is -0.453. The fraction of sp³-hybridized carbons (Fsp3) is 0.345. The summed E-state index contributed by atoms with van der Waals surface area (Å²) in [6.07, 6.45) is 5.90. The molecule has 2 aromatic carbocycles. The second-order valence-corrected chi connectivity index (χ2v) is 10.1. The number of hydrogen-bond donors (Lipinski definition) is 0. The van der Waals surface area contributed by atoms with Crippen molar-refractivity contribution in [2.75, 3.05) is 26.2 Å². The molecule has 0 aliphatic carbocycles. The number of likely N-dealkylation sites (tertiary alicyclic amines) is 1. The number of allylic oxidation sites excluding steroid dienone is 1. The van der Waals surface area contributed by atoms with Crippen molar-refractivity contribution in [3.05, 3.63) is 76.2 Å². The number of nitrogens with zero attached hydrogens (tertiary/aromatic N) is 2. The first-order valence-electron chi connectivity index (χ1n) is 12.5. The fourth-order valence-corrected chi connectivity index (χ4v) is 5.17. The first-order chi connectivity index (χ1) is 17.9. The molecule has 8 heteroatoms. The van der Waals surface area contributed by atoms with E-state index in [1.165, 1.54) is 5.56 Å². The molecule has 0 saturated carbocycles. The third-order valence-corrected chi connectivity index (χ3v) is 7.15. The van der Waals surface area contributed by atoms with E-state index in [0.717, 1.165) is 40.6 Å². The Bertz CT molecular complexity index is 1220. The van der Waals surface area contributed by atoms with Crippen LogP contribution in [0.5, 0.6) is 11.5 Å². The second-order valence-electron chi connectivity index (χ2n) is 9.06. The molecule has 0 spiro atoms. The molecule has 2 aliphatic rings. The second kappa shape index (κ2) is 12.1. The molecule has 0 unspecified atom stereocenters. The highest BCUT2D eigenvalue weighted by atomic mass is 32.2. The Morgan fingerprint density at radius 1 is 1.11 bits per heavy atom. The summed E-state index contributed by atoms with van der Waals surface area (Å²) in [6, 6.07) is 11.9. The van der Waals surface area contributed by atoms with Crippen LogP contribution in [0, 0.1) is 6.92 Å². The summed E-state index contributed by atoms with van der Waals surface area (Å²) < 4.78 is 12.1. The van der Waals surface area contributed by atoms with Crippen LogP contribution in [0.2, 0.25) is 0 Å². The van der Waals surface area contributed by atoms with E-state index in [9.17, 15) is 14.4 Å². The van der Waals surface area contributed by atoms with Crippen LogP contribution >= 0.6 is 11.8 Å². The standard InChI is InChI=1S/C29H32N2O5S/c1-4-8-23-15-22(16-24(35-5-2)27(23)36-19-21-11-9-20(3)10-12-21)17-25-28(33)31(29(34)37-25)18-26(32)30-13-6-7-14-30/h4,9-12,15-17H,1,5-8,13-14,18-19H2,2-3H3/b25-17+. The molecule has 2 saturated heterocycles. The molecule has 3 amide bonds. The highest BCUT2D eigenvalue weighted by molar-refractivity contribution is 8.18. The average molecular weight is 521 g/mol. The molecule has 4 rings (SSSR count). The molecule has 37 heavy (non-hydrogen) atoms. The Labute approximate surface area is 222 Å². The number of carbonyl (C=O) groups excluding carboxylic acids is 3. The van der Waals surface area contributed by atoms with Crippen molar-refractivity contribution in [2.24, 2.45) is 0 Å². The zero-order valence-corrected chi connectivity index (χ0v) is 22.1. The largest absolute Gasteiger partial charge is 0.490 e. The Balaban J connectivity index is 1.57. The van der Waals surface area contributed by atoms with Crippen LogP contribution in [-0.2, 0) is 22.6 Å². The van der Waals surface area contributed by atoms with Crippen LogP contribution in [0.4, 0.5) is 4.79 Å². The molecule has 0 radical (unpaired) electrons. The van der Waals surface area contributed by atoms with Gasteiger partial charge in [-0.15, -0.1) is 6.58 Å². The molecule has 0 atom stereocenters. The monoisotopic (exact) mass is 520 g/mol. The van der Waals surface area contributed by atoms with Crippen molar-refractivity contribution in [3.8, 4) is 11.5 Å². The van der Waals surface area contributed by atoms with Crippen molar-refractivity contribution in [3.63, 3.8) is 0 Å². The van der Waals surface area contributed by atoms with Gasteiger partial charge in [0.1, 0.15) is 13.2 Å². The molecule has 0 aromatic heterocycles. The van der Waals surface area contributed by atoms with Gasteiger partial charge in [0.15, 0.2) is 11.5 Å². The minimum absolute atomic E-state index is 0.192. The van der Waals surface area contributed by atoms with E-state index in [1.807, 2.05) is 50.2 Å². The number of thioether (sulfide) groups is 1. The van der Waals surface area contributed by atoms with Gasteiger partial charge in [-0.1, -0.05) is 35.9 Å².